The van der Waals surface area contributed by atoms with E-state index in [-0.39, 0.29) is 6.04 Å². The fraction of sp³-hybridized carbons (Fsp3) is 0.625. The molecule has 0 bridgehead atoms. The van der Waals surface area contributed by atoms with Gasteiger partial charge in [0.05, 0.1) is 0 Å². The summed E-state index contributed by atoms with van der Waals surface area (Å²) in [6.45, 7) is 4.83. The molecule has 1 heterocycles. The molecule has 1 aromatic rings. The number of rotatable bonds is 4. The number of hydrogen-bond donors (Lipinski definition) is 1. The lowest BCUT2D eigenvalue weighted by Crippen LogP contribution is -2.35. The van der Waals surface area contributed by atoms with Gasteiger partial charge in [0.1, 0.15) is 11.6 Å². The van der Waals surface area contributed by atoms with Gasteiger partial charge in [-0.15, -0.1) is 0 Å². The average Bonchev–Trinajstić information content (AvgIpc) is 2.59. The van der Waals surface area contributed by atoms with Gasteiger partial charge < -0.3 is 5.32 Å². The smallest absolute Gasteiger partial charge is 0.130 e. The van der Waals surface area contributed by atoms with Crippen LogP contribution in [0.2, 0.25) is 0 Å². The normalized spacial score (nSPS) is 24.6. The second-order valence-corrected chi connectivity index (χ2v) is 5.65. The third kappa shape index (κ3) is 3.55. The summed E-state index contributed by atoms with van der Waals surface area (Å²) in [6.07, 6.45) is 3.39. The van der Waals surface area contributed by atoms with Crippen LogP contribution in [0.15, 0.2) is 18.2 Å². The Kier molecular flexibility index (Phi) is 5.49. The SMILES string of the molecule is CCNCC1CCCCN(C)C1c1ccc(F)cc1F. The van der Waals surface area contributed by atoms with Crippen molar-refractivity contribution in [1.29, 1.82) is 0 Å². The highest BCUT2D eigenvalue weighted by atomic mass is 19.1. The molecule has 0 radical (unpaired) electrons. The lowest BCUT2D eigenvalue weighted by atomic mass is 9.89. The zero-order valence-electron chi connectivity index (χ0n) is 12.3. The maximum absolute atomic E-state index is 14.1. The molecule has 0 aliphatic carbocycles. The third-order valence-electron chi connectivity index (χ3n) is 4.19. The van der Waals surface area contributed by atoms with Gasteiger partial charge in [0, 0.05) is 17.7 Å². The van der Waals surface area contributed by atoms with Crippen LogP contribution in [0.3, 0.4) is 0 Å². The number of hydrogen-bond acceptors (Lipinski definition) is 2. The Morgan fingerprint density at radius 1 is 1.30 bits per heavy atom. The molecule has 112 valence electrons. The van der Waals surface area contributed by atoms with Crippen LogP contribution in [-0.4, -0.2) is 31.6 Å². The zero-order chi connectivity index (χ0) is 14.5. The van der Waals surface area contributed by atoms with Crippen LogP contribution in [0.4, 0.5) is 8.78 Å². The van der Waals surface area contributed by atoms with Crippen molar-refractivity contribution >= 4 is 0 Å². The van der Waals surface area contributed by atoms with Crippen molar-refractivity contribution in [2.75, 3.05) is 26.7 Å². The predicted molar refractivity (Wildman–Crippen MR) is 77.6 cm³/mol. The van der Waals surface area contributed by atoms with E-state index in [1.165, 1.54) is 12.5 Å². The first-order valence-corrected chi connectivity index (χ1v) is 7.49. The second-order valence-electron chi connectivity index (χ2n) is 5.65. The van der Waals surface area contributed by atoms with E-state index < -0.39 is 11.6 Å². The summed E-state index contributed by atoms with van der Waals surface area (Å²) in [7, 11) is 2.04. The van der Waals surface area contributed by atoms with E-state index in [1.807, 2.05) is 7.05 Å². The minimum atomic E-state index is -0.509. The maximum Gasteiger partial charge on any atom is 0.130 e. The van der Waals surface area contributed by atoms with Gasteiger partial charge in [-0.1, -0.05) is 19.4 Å². The number of nitrogens with one attached hydrogen (secondary N) is 1. The molecule has 1 fully saturated rings. The summed E-state index contributed by atoms with van der Waals surface area (Å²) >= 11 is 0. The molecule has 0 amide bonds. The molecule has 0 aromatic heterocycles. The predicted octanol–water partition coefficient (Wildman–Crippen LogP) is 3.35. The summed E-state index contributed by atoms with van der Waals surface area (Å²) in [6, 6.07) is 3.99. The van der Waals surface area contributed by atoms with E-state index in [0.29, 0.717) is 11.5 Å². The summed E-state index contributed by atoms with van der Waals surface area (Å²) in [5.74, 6) is -0.571. The van der Waals surface area contributed by atoms with E-state index in [9.17, 15) is 8.78 Å². The summed E-state index contributed by atoms with van der Waals surface area (Å²) < 4.78 is 27.3. The molecule has 1 aliphatic rings. The molecule has 1 aromatic carbocycles. The van der Waals surface area contributed by atoms with E-state index in [4.69, 9.17) is 0 Å². The van der Waals surface area contributed by atoms with Crippen LogP contribution in [0, 0.1) is 17.6 Å². The number of benzene rings is 1. The van der Waals surface area contributed by atoms with Crippen molar-refractivity contribution in [2.24, 2.45) is 5.92 Å². The summed E-state index contributed by atoms with van der Waals surface area (Å²) in [5.41, 5.74) is 0.624. The van der Waals surface area contributed by atoms with E-state index in [2.05, 4.69) is 17.1 Å². The molecule has 2 atom stereocenters. The molecule has 0 spiro atoms. The average molecular weight is 282 g/mol. The van der Waals surface area contributed by atoms with Crippen molar-refractivity contribution in [2.45, 2.75) is 32.2 Å². The van der Waals surface area contributed by atoms with Crippen LogP contribution >= 0.6 is 0 Å². The van der Waals surface area contributed by atoms with E-state index in [1.54, 1.807) is 6.07 Å². The standard InChI is InChI=1S/C16H24F2N2/c1-3-19-11-12-6-4-5-9-20(2)16(12)14-8-7-13(17)10-15(14)18/h7-8,10,12,16,19H,3-6,9,11H2,1-2H3. The molecule has 0 saturated carbocycles. The monoisotopic (exact) mass is 282 g/mol. The molecule has 1 saturated heterocycles. The van der Waals surface area contributed by atoms with Crippen molar-refractivity contribution in [3.05, 3.63) is 35.4 Å². The van der Waals surface area contributed by atoms with Crippen LogP contribution in [0.25, 0.3) is 0 Å². The lowest BCUT2D eigenvalue weighted by Gasteiger charge is -2.33. The molecular formula is C16H24F2N2. The summed E-state index contributed by atoms with van der Waals surface area (Å²) in [5, 5.41) is 3.37. The van der Waals surface area contributed by atoms with E-state index in [0.717, 1.165) is 38.5 Å². The van der Waals surface area contributed by atoms with Crippen molar-refractivity contribution < 1.29 is 8.78 Å². The molecular weight excluding hydrogens is 258 g/mol. The molecule has 2 rings (SSSR count). The van der Waals surface area contributed by atoms with Gasteiger partial charge in [0.15, 0.2) is 0 Å². The minimum absolute atomic E-state index is 0.0251. The number of likely N-dealkylation sites (tertiary alicyclic amines) is 1. The van der Waals surface area contributed by atoms with Crippen molar-refractivity contribution in [3.8, 4) is 0 Å². The molecule has 1 N–H and O–H groups in total. The van der Waals surface area contributed by atoms with Gasteiger partial charge in [0.2, 0.25) is 0 Å². The van der Waals surface area contributed by atoms with Crippen LogP contribution in [0.1, 0.15) is 37.8 Å². The highest BCUT2D eigenvalue weighted by Crippen LogP contribution is 2.35. The zero-order valence-corrected chi connectivity index (χ0v) is 12.3. The third-order valence-corrected chi connectivity index (χ3v) is 4.19. The molecule has 20 heavy (non-hydrogen) atoms. The van der Waals surface area contributed by atoms with Gasteiger partial charge >= 0.3 is 0 Å². The Morgan fingerprint density at radius 2 is 2.10 bits per heavy atom. The van der Waals surface area contributed by atoms with Gasteiger partial charge in [0.25, 0.3) is 0 Å². The molecule has 1 aliphatic heterocycles. The Morgan fingerprint density at radius 3 is 2.80 bits per heavy atom. The van der Waals surface area contributed by atoms with Gasteiger partial charge in [-0.25, -0.2) is 8.78 Å². The Hall–Kier alpha value is -1.00. The second kappa shape index (κ2) is 7.14. The van der Waals surface area contributed by atoms with Gasteiger partial charge in [-0.3, -0.25) is 4.90 Å². The molecule has 2 unspecified atom stereocenters. The highest BCUT2D eigenvalue weighted by Gasteiger charge is 2.30. The molecule has 4 heteroatoms. The van der Waals surface area contributed by atoms with Crippen LogP contribution in [0.5, 0.6) is 0 Å². The first-order valence-electron chi connectivity index (χ1n) is 7.49. The lowest BCUT2D eigenvalue weighted by molar-refractivity contribution is 0.185. The number of halogens is 2. The summed E-state index contributed by atoms with van der Waals surface area (Å²) in [4.78, 5) is 2.21. The van der Waals surface area contributed by atoms with Gasteiger partial charge in [-0.05, 0) is 51.5 Å². The van der Waals surface area contributed by atoms with Crippen molar-refractivity contribution in [1.82, 2.24) is 10.2 Å². The van der Waals surface area contributed by atoms with E-state index >= 15 is 0 Å². The fourth-order valence-electron chi connectivity index (χ4n) is 3.20. The largest absolute Gasteiger partial charge is 0.317 e. The first kappa shape index (κ1) is 15.4. The maximum atomic E-state index is 14.1. The Bertz CT molecular complexity index is 436. The van der Waals surface area contributed by atoms with Crippen LogP contribution in [-0.2, 0) is 0 Å². The van der Waals surface area contributed by atoms with Crippen molar-refractivity contribution in [3.63, 3.8) is 0 Å². The fourth-order valence-corrected chi connectivity index (χ4v) is 3.20. The van der Waals surface area contributed by atoms with Crippen LogP contribution < -0.4 is 5.32 Å². The Labute approximate surface area is 120 Å². The van der Waals surface area contributed by atoms with Gasteiger partial charge in [-0.2, -0.15) is 0 Å². The number of nitrogens with zero attached hydrogens (tertiary/aromatic N) is 1. The molecule has 2 nitrogen and oxygen atoms in total. The first-order chi connectivity index (χ1) is 9.63. The topological polar surface area (TPSA) is 15.3 Å². The highest BCUT2D eigenvalue weighted by molar-refractivity contribution is 5.23. The minimum Gasteiger partial charge on any atom is -0.317 e. The quantitative estimate of drug-likeness (QED) is 0.911. The Balaban J connectivity index is 2.29.